The molecular formula is C51H58N8O2S2. The number of piperidine rings is 2. The molecule has 10 nitrogen and oxygen atoms in total. The summed E-state index contributed by atoms with van der Waals surface area (Å²) in [4.78, 5) is 28.2. The second-order valence-electron chi connectivity index (χ2n) is 17.8. The molecule has 4 unspecified atom stereocenters. The highest BCUT2D eigenvalue weighted by atomic mass is 32.1. The lowest BCUT2D eigenvalue weighted by Crippen LogP contribution is -2.51. The lowest BCUT2D eigenvalue weighted by atomic mass is 9.91. The lowest BCUT2D eigenvalue weighted by molar-refractivity contribution is 0.0828. The van der Waals surface area contributed by atoms with E-state index in [4.69, 9.17) is 9.97 Å². The number of rotatable bonds is 8. The van der Waals surface area contributed by atoms with E-state index in [1.807, 2.05) is 0 Å². The number of fused-ring (bicyclic) bond motifs is 3. The predicted octanol–water partition coefficient (Wildman–Crippen LogP) is 9.41. The number of aliphatic hydroxyl groups is 2. The number of aliphatic hydroxyl groups excluding tert-OH is 2. The van der Waals surface area contributed by atoms with Crippen LogP contribution in [0.2, 0.25) is 0 Å². The number of thiophene rings is 2. The fraction of sp³-hybridized carbons (Fsp3) is 0.412. The van der Waals surface area contributed by atoms with Crippen LogP contribution in [-0.2, 0) is 6.42 Å². The van der Waals surface area contributed by atoms with Gasteiger partial charge in [-0.25, -0.2) is 19.9 Å². The van der Waals surface area contributed by atoms with Crippen molar-refractivity contribution in [2.24, 2.45) is 0 Å². The maximum Gasteiger partial charge on any atom is 0.141 e. The number of anilines is 2. The smallest absolute Gasteiger partial charge is 0.141 e. The molecule has 326 valence electrons. The van der Waals surface area contributed by atoms with E-state index in [2.05, 4.69) is 129 Å². The Kier molecular flexibility index (Phi) is 12.5. The third-order valence-corrected chi connectivity index (χ3v) is 15.8. The van der Waals surface area contributed by atoms with Gasteiger partial charge in [-0.3, -0.25) is 0 Å². The number of aryl methyl sites for hydroxylation is 2. The third-order valence-electron chi connectivity index (χ3n) is 13.8. The van der Waals surface area contributed by atoms with E-state index in [1.165, 1.54) is 60.3 Å². The average Bonchev–Trinajstić information content (AvgIpc) is 3.96. The minimum atomic E-state index is -0.343. The van der Waals surface area contributed by atoms with Crippen molar-refractivity contribution in [3.63, 3.8) is 0 Å². The van der Waals surface area contributed by atoms with Crippen LogP contribution in [-0.4, -0.2) is 86.7 Å². The highest BCUT2D eigenvalue weighted by Gasteiger charge is 2.34. The average molecular weight is 879 g/mol. The Balaban J connectivity index is 0.000000150. The van der Waals surface area contributed by atoms with Gasteiger partial charge in [-0.15, -0.1) is 22.7 Å². The summed E-state index contributed by atoms with van der Waals surface area (Å²) in [6, 6.07) is 30.8. The summed E-state index contributed by atoms with van der Waals surface area (Å²) in [6.07, 6.45) is 12.3. The summed E-state index contributed by atoms with van der Waals surface area (Å²) in [5.41, 5.74) is 7.52. The van der Waals surface area contributed by atoms with Crippen molar-refractivity contribution >= 4 is 54.7 Å². The molecule has 4 aliphatic rings. The lowest BCUT2D eigenvalue weighted by Gasteiger charge is -2.37. The number of hydrogen-bond donors (Lipinski definition) is 4. The molecule has 2 aliphatic heterocycles. The Morgan fingerprint density at radius 1 is 0.556 bits per heavy atom. The van der Waals surface area contributed by atoms with Gasteiger partial charge in [0.05, 0.1) is 29.0 Å². The van der Waals surface area contributed by atoms with E-state index in [0.29, 0.717) is 12.1 Å². The first-order valence-corrected chi connectivity index (χ1v) is 24.6. The Bertz CT molecular complexity index is 2640. The fourth-order valence-electron chi connectivity index (χ4n) is 10.6. The molecule has 3 aromatic carbocycles. The summed E-state index contributed by atoms with van der Waals surface area (Å²) in [6.45, 7) is 8.21. The molecule has 4 N–H and O–H groups in total. The Morgan fingerprint density at radius 2 is 1.05 bits per heavy atom. The van der Waals surface area contributed by atoms with Gasteiger partial charge in [-0.1, -0.05) is 97.8 Å². The van der Waals surface area contributed by atoms with Crippen LogP contribution in [0.1, 0.15) is 78.3 Å². The van der Waals surface area contributed by atoms with E-state index in [1.54, 1.807) is 35.3 Å². The molecule has 0 radical (unpaired) electrons. The van der Waals surface area contributed by atoms with Gasteiger partial charge in [0.25, 0.3) is 0 Å². The molecular weight excluding hydrogens is 821 g/mol. The van der Waals surface area contributed by atoms with Gasteiger partial charge in [0.2, 0.25) is 0 Å². The summed E-state index contributed by atoms with van der Waals surface area (Å²) < 4.78 is 0. The second-order valence-corrected chi connectivity index (χ2v) is 20.2. The summed E-state index contributed by atoms with van der Waals surface area (Å²) in [5.74, 6) is 2.12. The minimum Gasteiger partial charge on any atom is -0.392 e. The largest absolute Gasteiger partial charge is 0.392 e. The molecule has 3 fully saturated rings. The molecule has 11 rings (SSSR count). The zero-order valence-corrected chi connectivity index (χ0v) is 37.9. The quantitative estimate of drug-likeness (QED) is 0.118. The first-order chi connectivity index (χ1) is 30.9. The Labute approximate surface area is 378 Å². The van der Waals surface area contributed by atoms with Crippen molar-refractivity contribution in [2.45, 2.75) is 108 Å². The number of hydrogen-bond acceptors (Lipinski definition) is 12. The topological polar surface area (TPSA) is 123 Å². The highest BCUT2D eigenvalue weighted by molar-refractivity contribution is 7.19. The molecule has 12 heteroatoms. The van der Waals surface area contributed by atoms with Gasteiger partial charge >= 0.3 is 0 Å². The molecule has 6 heterocycles. The van der Waals surface area contributed by atoms with Crippen LogP contribution >= 0.6 is 22.7 Å². The molecule has 4 aromatic heterocycles. The van der Waals surface area contributed by atoms with Crippen LogP contribution in [0.5, 0.6) is 0 Å². The molecule has 0 bridgehead atoms. The molecule has 0 amide bonds. The molecule has 4 atom stereocenters. The first-order valence-electron chi connectivity index (χ1n) is 22.9. The highest BCUT2D eigenvalue weighted by Crippen LogP contribution is 2.43. The number of nitrogens with zero attached hydrogens (tertiary/aromatic N) is 6. The number of benzene rings is 3. The van der Waals surface area contributed by atoms with Crippen LogP contribution in [0.25, 0.3) is 42.7 Å². The Morgan fingerprint density at radius 3 is 1.59 bits per heavy atom. The van der Waals surface area contributed by atoms with Crippen molar-refractivity contribution in [1.82, 2.24) is 30.6 Å². The zero-order chi connectivity index (χ0) is 42.9. The predicted molar refractivity (Wildman–Crippen MR) is 259 cm³/mol. The second kappa shape index (κ2) is 18.7. The van der Waals surface area contributed by atoms with Crippen molar-refractivity contribution < 1.29 is 10.2 Å². The molecule has 2 saturated heterocycles. The molecule has 63 heavy (non-hydrogen) atoms. The molecule has 2 aliphatic carbocycles. The Hall–Kier alpha value is -4.82. The first kappa shape index (κ1) is 42.1. The molecule has 0 spiro atoms. The number of aromatic nitrogens is 4. The summed E-state index contributed by atoms with van der Waals surface area (Å²) in [7, 11) is 0. The fourth-order valence-corrected chi connectivity index (χ4v) is 12.6. The van der Waals surface area contributed by atoms with E-state index in [-0.39, 0.29) is 24.3 Å². The van der Waals surface area contributed by atoms with Crippen molar-refractivity contribution in [3.05, 3.63) is 118 Å². The van der Waals surface area contributed by atoms with E-state index >= 15 is 0 Å². The zero-order valence-electron chi connectivity index (χ0n) is 36.3. The van der Waals surface area contributed by atoms with Crippen molar-refractivity contribution in [1.29, 1.82) is 0 Å². The summed E-state index contributed by atoms with van der Waals surface area (Å²) >= 11 is 3.51. The monoisotopic (exact) mass is 878 g/mol. The van der Waals surface area contributed by atoms with Gasteiger partial charge < -0.3 is 30.6 Å². The van der Waals surface area contributed by atoms with Gasteiger partial charge in [-0.05, 0) is 74.6 Å². The third kappa shape index (κ3) is 8.73. The van der Waals surface area contributed by atoms with Crippen molar-refractivity contribution in [3.8, 4) is 22.3 Å². The van der Waals surface area contributed by atoms with Gasteiger partial charge in [-0.2, -0.15) is 0 Å². The maximum atomic E-state index is 10.6. The van der Waals surface area contributed by atoms with E-state index < -0.39 is 0 Å². The van der Waals surface area contributed by atoms with E-state index in [9.17, 15) is 10.2 Å². The van der Waals surface area contributed by atoms with Gasteiger partial charge in [0.1, 0.15) is 34.0 Å². The van der Waals surface area contributed by atoms with Crippen LogP contribution in [0, 0.1) is 13.8 Å². The maximum absolute atomic E-state index is 10.6. The van der Waals surface area contributed by atoms with E-state index in [0.717, 1.165) is 98.8 Å². The minimum absolute atomic E-state index is 0.0349. The van der Waals surface area contributed by atoms with Gasteiger partial charge in [0, 0.05) is 71.6 Å². The normalized spacial score (nSPS) is 22.0. The number of nitrogens with one attached hydrogen (secondary N) is 2. The molecule has 7 aromatic rings. The van der Waals surface area contributed by atoms with Crippen LogP contribution in [0.3, 0.4) is 0 Å². The van der Waals surface area contributed by atoms with Gasteiger partial charge in [0.15, 0.2) is 0 Å². The molecule has 1 saturated carbocycles. The van der Waals surface area contributed by atoms with Crippen LogP contribution in [0.4, 0.5) is 11.6 Å². The van der Waals surface area contributed by atoms with Crippen LogP contribution in [0.15, 0.2) is 97.6 Å². The van der Waals surface area contributed by atoms with Crippen LogP contribution < -0.4 is 20.4 Å². The standard InChI is InChI=1S/C27H28N4OS.C24H30N4OS/c1-17-23(18-7-3-2-4-8-18)24-26(28-16-29-27(24)33-17)31-13-11-20(12-14-31)30-25-21-10-6-5-9-19(21)15-22(25)32;1-16-21(17-7-3-2-4-8-17)22-23(25-15-26-24(22)30-16)28-13-11-18(12-14-28)27-19-9-5-6-10-20(19)29/h2-10,16,20,22,25,30,32H,11-15H2,1H3;2-4,7-8,15,18-20,27,29H,5-6,9-14H2,1H3. The SMILES string of the molecule is Cc1sc2ncnc(N3CCC(NC4CCCCC4O)CC3)c2c1-c1ccccc1.Cc1sc2ncnc(N3CCC(NC4c5ccccc5CC4O)CC3)c2c1-c1ccccc1. The van der Waals surface area contributed by atoms with Crippen molar-refractivity contribution in [2.75, 3.05) is 36.0 Å². The summed E-state index contributed by atoms with van der Waals surface area (Å²) in [5, 5.41) is 30.8.